The van der Waals surface area contributed by atoms with Crippen molar-refractivity contribution in [2.75, 3.05) is 23.7 Å². The summed E-state index contributed by atoms with van der Waals surface area (Å²) in [6, 6.07) is 4.29. The number of aryl methyl sites for hydroxylation is 1. The zero-order valence-corrected chi connectivity index (χ0v) is 14.1. The van der Waals surface area contributed by atoms with Crippen molar-refractivity contribution in [1.82, 2.24) is 14.5 Å². The summed E-state index contributed by atoms with van der Waals surface area (Å²) in [7, 11) is -3.12. The number of unbranched alkanes of at least 4 members (excludes halogenated alkanes) is 1. The van der Waals surface area contributed by atoms with Gasteiger partial charge in [0.1, 0.15) is 0 Å². The van der Waals surface area contributed by atoms with Gasteiger partial charge in [0.05, 0.1) is 11.4 Å². The van der Waals surface area contributed by atoms with E-state index in [-0.39, 0.29) is 17.8 Å². The zero-order chi connectivity index (χ0) is 15.7. The van der Waals surface area contributed by atoms with E-state index in [0.29, 0.717) is 6.54 Å². The molecule has 2 fully saturated rings. The first-order valence-electron chi connectivity index (χ1n) is 8.09. The van der Waals surface area contributed by atoms with E-state index in [0.717, 1.165) is 43.7 Å². The van der Waals surface area contributed by atoms with Crippen molar-refractivity contribution in [2.45, 2.75) is 51.6 Å². The molecule has 22 heavy (non-hydrogen) atoms. The molecule has 2 saturated heterocycles. The molecule has 0 amide bonds. The van der Waals surface area contributed by atoms with Crippen molar-refractivity contribution in [3.63, 3.8) is 0 Å². The second-order valence-electron chi connectivity index (χ2n) is 6.22. The largest absolute Gasteiger partial charge is 0.350 e. The van der Waals surface area contributed by atoms with Crippen LogP contribution in [0.4, 0.5) is 5.82 Å². The first kappa shape index (κ1) is 15.7. The van der Waals surface area contributed by atoms with Gasteiger partial charge in [-0.3, -0.25) is 0 Å². The van der Waals surface area contributed by atoms with Crippen molar-refractivity contribution in [2.24, 2.45) is 0 Å². The Labute approximate surface area is 132 Å². The fourth-order valence-electron chi connectivity index (χ4n) is 3.57. The van der Waals surface area contributed by atoms with Crippen LogP contribution in [0.5, 0.6) is 0 Å². The van der Waals surface area contributed by atoms with Crippen LogP contribution in [0.3, 0.4) is 0 Å². The minimum atomic E-state index is -3.12. The number of hydrogen-bond donors (Lipinski definition) is 0. The summed E-state index contributed by atoms with van der Waals surface area (Å²) in [4.78, 5) is 2.23. The van der Waals surface area contributed by atoms with E-state index in [1.165, 1.54) is 0 Å². The Hall–Kier alpha value is -1.21. The van der Waals surface area contributed by atoms with Gasteiger partial charge in [-0.05, 0) is 38.3 Å². The lowest BCUT2D eigenvalue weighted by molar-refractivity contribution is 0.387. The van der Waals surface area contributed by atoms with Crippen LogP contribution >= 0.6 is 0 Å². The Morgan fingerprint density at radius 1 is 1.18 bits per heavy atom. The van der Waals surface area contributed by atoms with Crippen LogP contribution in [-0.4, -0.2) is 53.8 Å². The molecule has 2 atom stereocenters. The minimum absolute atomic E-state index is 0.102. The highest BCUT2D eigenvalue weighted by Gasteiger charge is 2.47. The van der Waals surface area contributed by atoms with Crippen molar-refractivity contribution in [3.8, 4) is 0 Å². The molecule has 2 aliphatic rings. The highest BCUT2D eigenvalue weighted by molar-refractivity contribution is 7.89. The molecule has 0 N–H and O–H groups in total. The Balaban J connectivity index is 1.75. The molecule has 1 aromatic heterocycles. The van der Waals surface area contributed by atoms with Crippen molar-refractivity contribution in [3.05, 3.63) is 17.8 Å². The summed E-state index contributed by atoms with van der Waals surface area (Å²) in [5.41, 5.74) is 0.898. The maximum absolute atomic E-state index is 12.5. The summed E-state index contributed by atoms with van der Waals surface area (Å²) in [6.45, 7) is 5.43. The van der Waals surface area contributed by atoms with Crippen LogP contribution in [0, 0.1) is 6.92 Å². The summed E-state index contributed by atoms with van der Waals surface area (Å²) in [5, 5.41) is 8.39. The molecule has 0 radical (unpaired) electrons. The van der Waals surface area contributed by atoms with Gasteiger partial charge in [0.2, 0.25) is 10.0 Å². The number of sulfonamides is 1. The average Bonchev–Trinajstić information content (AvgIpc) is 3.08. The van der Waals surface area contributed by atoms with Gasteiger partial charge < -0.3 is 4.90 Å². The van der Waals surface area contributed by atoms with E-state index in [2.05, 4.69) is 15.1 Å². The fraction of sp³-hybridized carbons (Fsp3) is 0.733. The van der Waals surface area contributed by atoms with Gasteiger partial charge >= 0.3 is 0 Å². The number of nitrogens with zero attached hydrogens (tertiary/aromatic N) is 4. The van der Waals surface area contributed by atoms with Crippen molar-refractivity contribution in [1.29, 1.82) is 0 Å². The van der Waals surface area contributed by atoms with Crippen molar-refractivity contribution >= 4 is 15.8 Å². The summed E-state index contributed by atoms with van der Waals surface area (Å²) in [6.07, 6.45) is 3.41. The van der Waals surface area contributed by atoms with E-state index >= 15 is 0 Å². The highest BCUT2D eigenvalue weighted by atomic mass is 32.2. The van der Waals surface area contributed by atoms with Crippen LogP contribution in [0.15, 0.2) is 12.1 Å². The van der Waals surface area contributed by atoms with E-state index in [9.17, 15) is 8.42 Å². The quantitative estimate of drug-likeness (QED) is 0.822. The van der Waals surface area contributed by atoms with E-state index < -0.39 is 10.0 Å². The van der Waals surface area contributed by atoms with E-state index in [4.69, 9.17) is 0 Å². The predicted octanol–water partition coefficient (Wildman–Crippen LogP) is 1.57. The molecule has 3 rings (SSSR count). The van der Waals surface area contributed by atoms with Crippen LogP contribution in [0.2, 0.25) is 0 Å². The lowest BCUT2D eigenvalue weighted by atomic mass is 10.1. The Morgan fingerprint density at radius 2 is 1.95 bits per heavy atom. The predicted molar refractivity (Wildman–Crippen MR) is 86.3 cm³/mol. The highest BCUT2D eigenvalue weighted by Crippen LogP contribution is 2.35. The molecule has 7 heteroatoms. The molecule has 122 valence electrons. The standard InChI is InChI=1S/C15H24N4O2S/c1-3-4-11-22(20,21)19-10-8-13-14(19)7-9-18(13)15-6-5-12(2)16-17-15/h5-6,13-14H,3-4,7-11H2,1-2H3/t13-,14+/m0/s1. The minimum Gasteiger partial charge on any atom is -0.350 e. The first-order valence-corrected chi connectivity index (χ1v) is 9.70. The molecule has 0 saturated carbocycles. The van der Waals surface area contributed by atoms with Gasteiger partial charge in [-0.15, -0.1) is 5.10 Å². The second kappa shape index (κ2) is 6.12. The van der Waals surface area contributed by atoms with Crippen molar-refractivity contribution < 1.29 is 8.42 Å². The second-order valence-corrected chi connectivity index (χ2v) is 8.26. The summed E-state index contributed by atoms with van der Waals surface area (Å²) in [5.74, 6) is 1.14. The Morgan fingerprint density at radius 3 is 2.64 bits per heavy atom. The monoisotopic (exact) mass is 324 g/mol. The maximum atomic E-state index is 12.5. The van der Waals surface area contributed by atoms with Gasteiger partial charge in [-0.1, -0.05) is 13.3 Å². The lowest BCUT2D eigenvalue weighted by Gasteiger charge is -2.25. The number of fused-ring (bicyclic) bond motifs is 1. The molecular weight excluding hydrogens is 300 g/mol. The molecule has 0 unspecified atom stereocenters. The van der Waals surface area contributed by atoms with Gasteiger partial charge in [0.15, 0.2) is 5.82 Å². The molecule has 0 aliphatic carbocycles. The topological polar surface area (TPSA) is 66.4 Å². The summed E-state index contributed by atoms with van der Waals surface area (Å²) < 4.78 is 26.7. The number of hydrogen-bond acceptors (Lipinski definition) is 5. The molecule has 6 nitrogen and oxygen atoms in total. The molecule has 0 aromatic carbocycles. The number of rotatable bonds is 5. The van der Waals surface area contributed by atoms with Gasteiger partial charge in [0, 0.05) is 25.2 Å². The van der Waals surface area contributed by atoms with E-state index in [1.54, 1.807) is 4.31 Å². The third-order valence-corrected chi connectivity index (χ3v) is 6.69. The van der Waals surface area contributed by atoms with Gasteiger partial charge in [0.25, 0.3) is 0 Å². The number of aromatic nitrogens is 2. The molecule has 0 bridgehead atoms. The SMILES string of the molecule is CCCCS(=O)(=O)N1CC[C@H]2[C@H]1CCN2c1ccc(C)nn1. The van der Waals surface area contributed by atoms with Crippen LogP contribution < -0.4 is 4.90 Å². The number of anilines is 1. The van der Waals surface area contributed by atoms with Crippen LogP contribution in [0.1, 0.15) is 38.3 Å². The van der Waals surface area contributed by atoms with E-state index in [1.807, 2.05) is 26.0 Å². The average molecular weight is 324 g/mol. The zero-order valence-electron chi connectivity index (χ0n) is 13.3. The first-order chi connectivity index (χ1) is 10.5. The van der Waals surface area contributed by atoms with Gasteiger partial charge in [-0.2, -0.15) is 9.40 Å². The molecule has 3 heterocycles. The molecular formula is C15H24N4O2S. The van der Waals surface area contributed by atoms with Gasteiger partial charge in [-0.25, -0.2) is 8.42 Å². The Kier molecular flexibility index (Phi) is 4.36. The smallest absolute Gasteiger partial charge is 0.214 e. The summed E-state index contributed by atoms with van der Waals surface area (Å²) >= 11 is 0. The fourth-order valence-corrected chi connectivity index (χ4v) is 5.50. The molecule has 2 aliphatic heterocycles. The van der Waals surface area contributed by atoms with Crippen LogP contribution in [0.25, 0.3) is 0 Å². The normalized spacial score (nSPS) is 25.6. The lowest BCUT2D eigenvalue weighted by Crippen LogP contribution is -2.40. The third-order valence-electron chi connectivity index (χ3n) is 4.72. The molecule has 1 aromatic rings. The van der Waals surface area contributed by atoms with Crippen LogP contribution in [-0.2, 0) is 10.0 Å². The maximum Gasteiger partial charge on any atom is 0.214 e. The molecule has 0 spiro atoms. The Bertz CT molecular complexity index is 617. The third kappa shape index (κ3) is 2.84.